The molecule has 0 aliphatic carbocycles. The van der Waals surface area contributed by atoms with Crippen LogP contribution < -0.4 is 5.73 Å². The summed E-state index contributed by atoms with van der Waals surface area (Å²) in [4.78, 5) is 8.00. The van der Waals surface area contributed by atoms with Gasteiger partial charge < -0.3 is 10.5 Å². The Morgan fingerprint density at radius 3 is 2.00 bits per heavy atom. The zero-order valence-electron chi connectivity index (χ0n) is 4.81. The van der Waals surface area contributed by atoms with Crippen molar-refractivity contribution >= 4 is 6.79 Å². The Balaban J connectivity index is 0. The molecule has 0 aromatic heterocycles. The van der Waals surface area contributed by atoms with Crippen molar-refractivity contribution in [2.24, 2.45) is 5.73 Å². The maximum atomic E-state index is 8.00. The summed E-state index contributed by atoms with van der Waals surface area (Å²) in [6.07, 6.45) is 2.39. The number of rotatable bonds is 2. The van der Waals surface area contributed by atoms with Crippen molar-refractivity contribution in [2.75, 3.05) is 6.54 Å². The maximum absolute atomic E-state index is 8.00. The standard InChI is InChI=1S/C4H11N.CH2O/c1-2-3-4-5;1-2/h2-5H2,1H3;1H2. The predicted molar refractivity (Wildman–Crippen MR) is 31.1 cm³/mol. The van der Waals surface area contributed by atoms with Gasteiger partial charge in [0.25, 0.3) is 0 Å². The first kappa shape index (κ1) is 9.80. The lowest BCUT2D eigenvalue weighted by Crippen LogP contribution is -1.95. The lowest BCUT2D eigenvalue weighted by molar-refractivity contribution is -0.0979. The first-order valence-electron chi connectivity index (χ1n) is 2.40. The molecule has 7 heavy (non-hydrogen) atoms. The molecule has 0 aromatic carbocycles. The van der Waals surface area contributed by atoms with Crippen LogP contribution in [0.4, 0.5) is 0 Å². The third-order valence-electron chi connectivity index (χ3n) is 0.558. The zero-order chi connectivity index (χ0) is 6.12. The molecule has 0 heterocycles. The van der Waals surface area contributed by atoms with Crippen LogP contribution in [0.25, 0.3) is 0 Å². The number of carbonyl (C=O) groups excluding carboxylic acids is 1. The average molecular weight is 103 g/mol. The van der Waals surface area contributed by atoms with E-state index in [1.54, 1.807) is 0 Å². The second-order valence-electron chi connectivity index (χ2n) is 1.14. The Kier molecular flexibility index (Phi) is 24.4. The fraction of sp³-hybridized carbons (Fsp3) is 0.800. The monoisotopic (exact) mass is 103 g/mol. The Morgan fingerprint density at radius 2 is 2.00 bits per heavy atom. The molecule has 0 amide bonds. The minimum absolute atomic E-state index is 0.844. The van der Waals surface area contributed by atoms with Gasteiger partial charge in [0.1, 0.15) is 6.79 Å². The van der Waals surface area contributed by atoms with Crippen LogP contribution in [0.15, 0.2) is 0 Å². The molecule has 0 unspecified atom stereocenters. The normalized spacial score (nSPS) is 6.57. The van der Waals surface area contributed by atoms with Gasteiger partial charge in [0.15, 0.2) is 0 Å². The first-order valence-corrected chi connectivity index (χ1v) is 2.40. The number of unbranched alkanes of at least 4 members (excludes halogenated alkanes) is 1. The zero-order valence-corrected chi connectivity index (χ0v) is 4.81. The molecular weight excluding hydrogens is 90.1 g/mol. The summed E-state index contributed by atoms with van der Waals surface area (Å²) in [5, 5.41) is 0. The van der Waals surface area contributed by atoms with E-state index < -0.39 is 0 Å². The van der Waals surface area contributed by atoms with Gasteiger partial charge in [0.05, 0.1) is 0 Å². The van der Waals surface area contributed by atoms with Gasteiger partial charge in [-0.15, -0.1) is 0 Å². The van der Waals surface area contributed by atoms with Gasteiger partial charge in [-0.2, -0.15) is 0 Å². The summed E-state index contributed by atoms with van der Waals surface area (Å²) in [6.45, 7) is 4.98. The Hall–Kier alpha value is -0.370. The van der Waals surface area contributed by atoms with E-state index >= 15 is 0 Å². The van der Waals surface area contributed by atoms with Gasteiger partial charge >= 0.3 is 0 Å². The Labute approximate surface area is 44.7 Å². The molecule has 0 saturated carbocycles. The molecule has 0 aliphatic rings. The fourth-order valence-electron chi connectivity index (χ4n) is 0.204. The predicted octanol–water partition coefficient (Wildman–Crippen LogP) is 0.560. The van der Waals surface area contributed by atoms with Crippen LogP contribution in [-0.2, 0) is 4.79 Å². The van der Waals surface area contributed by atoms with E-state index in [1.807, 2.05) is 6.79 Å². The van der Waals surface area contributed by atoms with E-state index in [0.29, 0.717) is 0 Å². The van der Waals surface area contributed by atoms with Crippen LogP contribution in [0, 0.1) is 0 Å². The molecule has 0 spiro atoms. The van der Waals surface area contributed by atoms with Crippen molar-refractivity contribution in [2.45, 2.75) is 19.8 Å². The summed E-state index contributed by atoms with van der Waals surface area (Å²) in [7, 11) is 0. The minimum Gasteiger partial charge on any atom is -0.330 e. The molecular formula is C5H13NO. The number of hydrogen-bond acceptors (Lipinski definition) is 2. The van der Waals surface area contributed by atoms with Crippen molar-refractivity contribution in [1.29, 1.82) is 0 Å². The molecule has 0 saturated heterocycles. The van der Waals surface area contributed by atoms with Gasteiger partial charge in [-0.1, -0.05) is 13.3 Å². The molecule has 0 atom stereocenters. The largest absolute Gasteiger partial charge is 0.330 e. The van der Waals surface area contributed by atoms with E-state index in [9.17, 15) is 0 Å². The number of nitrogens with two attached hydrogens (primary N) is 1. The molecule has 0 fully saturated rings. The summed E-state index contributed by atoms with van der Waals surface area (Å²) in [5.74, 6) is 0. The van der Waals surface area contributed by atoms with Crippen molar-refractivity contribution in [3.05, 3.63) is 0 Å². The first-order chi connectivity index (χ1) is 3.41. The average Bonchev–Trinajstić information content (AvgIpc) is 1.75. The molecule has 2 heteroatoms. The molecule has 0 rings (SSSR count). The van der Waals surface area contributed by atoms with Crippen molar-refractivity contribution in [3.63, 3.8) is 0 Å². The summed E-state index contributed by atoms with van der Waals surface area (Å²) >= 11 is 0. The van der Waals surface area contributed by atoms with Gasteiger partial charge in [0.2, 0.25) is 0 Å². The lowest BCUT2D eigenvalue weighted by atomic mass is 10.3. The highest BCUT2D eigenvalue weighted by molar-refractivity contribution is 5.10. The quantitative estimate of drug-likeness (QED) is 0.555. The third kappa shape index (κ3) is 27.9. The molecule has 2 nitrogen and oxygen atoms in total. The number of hydrogen-bond donors (Lipinski definition) is 1. The van der Waals surface area contributed by atoms with Crippen LogP contribution in [0.1, 0.15) is 19.8 Å². The second-order valence-corrected chi connectivity index (χ2v) is 1.14. The summed E-state index contributed by atoms with van der Waals surface area (Å²) in [5.41, 5.74) is 5.14. The van der Waals surface area contributed by atoms with Crippen LogP contribution >= 0.6 is 0 Å². The maximum Gasteiger partial charge on any atom is 0.106 e. The molecule has 0 aliphatic heterocycles. The van der Waals surface area contributed by atoms with Gasteiger partial charge in [-0.05, 0) is 13.0 Å². The highest BCUT2D eigenvalue weighted by atomic mass is 16.1. The second kappa shape index (κ2) is 17.4. The van der Waals surface area contributed by atoms with Crippen LogP contribution in [-0.4, -0.2) is 13.3 Å². The van der Waals surface area contributed by atoms with Crippen LogP contribution in [0.5, 0.6) is 0 Å². The van der Waals surface area contributed by atoms with Crippen molar-refractivity contribution in [3.8, 4) is 0 Å². The van der Waals surface area contributed by atoms with E-state index in [0.717, 1.165) is 6.54 Å². The smallest absolute Gasteiger partial charge is 0.106 e. The molecule has 0 bridgehead atoms. The fourth-order valence-corrected chi connectivity index (χ4v) is 0.204. The minimum atomic E-state index is 0.844. The summed E-state index contributed by atoms with van der Waals surface area (Å²) < 4.78 is 0. The molecule has 44 valence electrons. The van der Waals surface area contributed by atoms with Crippen molar-refractivity contribution in [1.82, 2.24) is 0 Å². The van der Waals surface area contributed by atoms with Gasteiger partial charge in [-0.25, -0.2) is 0 Å². The van der Waals surface area contributed by atoms with E-state index in [-0.39, 0.29) is 0 Å². The number of carbonyl (C=O) groups is 1. The lowest BCUT2D eigenvalue weighted by Gasteiger charge is -1.80. The van der Waals surface area contributed by atoms with Crippen LogP contribution in [0.3, 0.4) is 0 Å². The van der Waals surface area contributed by atoms with Gasteiger partial charge in [0, 0.05) is 0 Å². The van der Waals surface area contributed by atoms with Crippen molar-refractivity contribution < 1.29 is 4.79 Å². The highest BCUT2D eigenvalue weighted by Gasteiger charge is 1.67. The van der Waals surface area contributed by atoms with E-state index in [4.69, 9.17) is 10.5 Å². The van der Waals surface area contributed by atoms with E-state index in [2.05, 4.69) is 6.92 Å². The SMILES string of the molecule is C=O.CCCCN. The Bertz CT molecular complexity index is 22.0. The highest BCUT2D eigenvalue weighted by Crippen LogP contribution is 1.77. The third-order valence-corrected chi connectivity index (χ3v) is 0.558. The molecule has 0 radical (unpaired) electrons. The molecule has 2 N–H and O–H groups in total. The summed E-state index contributed by atoms with van der Waals surface area (Å²) in [6, 6.07) is 0. The topological polar surface area (TPSA) is 43.1 Å². The van der Waals surface area contributed by atoms with Crippen LogP contribution in [0.2, 0.25) is 0 Å². The van der Waals surface area contributed by atoms with E-state index in [1.165, 1.54) is 12.8 Å². The molecule has 0 aromatic rings. The van der Waals surface area contributed by atoms with Gasteiger partial charge in [-0.3, -0.25) is 0 Å². The Morgan fingerprint density at radius 1 is 1.57 bits per heavy atom.